The molecule has 0 unspecified atom stereocenters. The van der Waals surface area contributed by atoms with Crippen LogP contribution in [0.4, 0.5) is 0 Å². The molecule has 0 aliphatic heterocycles. The first-order valence-electron chi connectivity index (χ1n) is 3.03. The highest BCUT2D eigenvalue weighted by Gasteiger charge is 1.92. The van der Waals surface area contributed by atoms with Gasteiger partial charge in [-0.05, 0) is 11.6 Å². The van der Waals surface area contributed by atoms with Gasteiger partial charge in [-0.1, -0.05) is 6.58 Å². The van der Waals surface area contributed by atoms with Gasteiger partial charge in [0.15, 0.2) is 0 Å². The minimum atomic E-state index is 0.500. The van der Waals surface area contributed by atoms with Gasteiger partial charge < -0.3 is 0 Å². The molecule has 54 valence electrons. The Morgan fingerprint density at radius 3 is 3.00 bits per heavy atom. The van der Waals surface area contributed by atoms with E-state index in [1.807, 2.05) is 12.3 Å². The van der Waals surface area contributed by atoms with Crippen molar-refractivity contribution >= 4 is 11.6 Å². The van der Waals surface area contributed by atoms with Gasteiger partial charge in [-0.2, -0.15) is 5.10 Å². The lowest BCUT2D eigenvalue weighted by Gasteiger charge is -1.99. The Bertz CT molecular complexity index is 203. The molecular formula is C7H9ClN2. The van der Waals surface area contributed by atoms with E-state index in [1.165, 1.54) is 0 Å². The van der Waals surface area contributed by atoms with E-state index in [-0.39, 0.29) is 0 Å². The molecule has 0 saturated carbocycles. The van der Waals surface area contributed by atoms with Gasteiger partial charge in [-0.3, -0.25) is 4.68 Å². The standard InChI is InChI=1S/C7H9ClN2/c1-7(5-8)6-10-4-2-3-9-10/h2-4H,1,5-6H2. The van der Waals surface area contributed by atoms with Crippen molar-refractivity contribution in [3.8, 4) is 0 Å². The van der Waals surface area contributed by atoms with E-state index in [9.17, 15) is 0 Å². The molecule has 2 nitrogen and oxygen atoms in total. The third-order valence-corrected chi connectivity index (χ3v) is 1.51. The van der Waals surface area contributed by atoms with E-state index in [1.54, 1.807) is 10.9 Å². The third kappa shape index (κ3) is 1.88. The first kappa shape index (κ1) is 7.35. The maximum Gasteiger partial charge on any atom is 0.0628 e. The fourth-order valence-corrected chi connectivity index (χ4v) is 0.750. The summed E-state index contributed by atoms with van der Waals surface area (Å²) in [5.74, 6) is 0.500. The quantitative estimate of drug-likeness (QED) is 0.481. The molecule has 0 atom stereocenters. The van der Waals surface area contributed by atoms with E-state index in [0.717, 1.165) is 12.1 Å². The third-order valence-electron chi connectivity index (χ3n) is 1.13. The predicted molar refractivity (Wildman–Crippen MR) is 42.1 cm³/mol. The molecule has 1 aromatic heterocycles. The van der Waals surface area contributed by atoms with Gasteiger partial charge in [0.05, 0.1) is 6.54 Å². The Labute approximate surface area is 65.1 Å². The van der Waals surface area contributed by atoms with Gasteiger partial charge in [0, 0.05) is 18.3 Å². The monoisotopic (exact) mass is 156 g/mol. The largest absolute Gasteiger partial charge is 0.269 e. The zero-order valence-electron chi connectivity index (χ0n) is 5.63. The summed E-state index contributed by atoms with van der Waals surface area (Å²) in [4.78, 5) is 0. The summed E-state index contributed by atoms with van der Waals surface area (Å²) in [6.07, 6.45) is 3.62. The molecule has 0 aromatic carbocycles. The summed E-state index contributed by atoms with van der Waals surface area (Å²) in [6.45, 7) is 4.47. The fraction of sp³-hybridized carbons (Fsp3) is 0.286. The van der Waals surface area contributed by atoms with Gasteiger partial charge in [-0.25, -0.2) is 0 Å². The van der Waals surface area contributed by atoms with Crippen molar-refractivity contribution in [1.82, 2.24) is 9.78 Å². The number of alkyl halides is 1. The van der Waals surface area contributed by atoms with Crippen molar-refractivity contribution < 1.29 is 0 Å². The molecule has 1 aromatic rings. The zero-order chi connectivity index (χ0) is 7.40. The molecule has 0 radical (unpaired) electrons. The number of hydrogen-bond donors (Lipinski definition) is 0. The first-order valence-corrected chi connectivity index (χ1v) is 3.56. The minimum absolute atomic E-state index is 0.500. The average Bonchev–Trinajstić information content (AvgIpc) is 2.40. The van der Waals surface area contributed by atoms with Gasteiger partial charge in [0.25, 0.3) is 0 Å². The number of rotatable bonds is 3. The van der Waals surface area contributed by atoms with Crippen LogP contribution < -0.4 is 0 Å². The van der Waals surface area contributed by atoms with Crippen molar-refractivity contribution in [1.29, 1.82) is 0 Å². The number of halogens is 1. The Hall–Kier alpha value is -0.760. The number of aromatic nitrogens is 2. The second kappa shape index (κ2) is 3.42. The maximum atomic E-state index is 5.53. The minimum Gasteiger partial charge on any atom is -0.269 e. The first-order chi connectivity index (χ1) is 4.83. The molecule has 0 amide bonds. The summed E-state index contributed by atoms with van der Waals surface area (Å²) in [7, 11) is 0. The molecule has 0 saturated heterocycles. The lowest BCUT2D eigenvalue weighted by molar-refractivity contribution is 0.680. The normalized spacial score (nSPS) is 9.70. The fourth-order valence-electron chi connectivity index (χ4n) is 0.665. The Kier molecular flexibility index (Phi) is 2.51. The van der Waals surface area contributed by atoms with E-state index in [4.69, 9.17) is 11.6 Å². The van der Waals surface area contributed by atoms with Crippen LogP contribution in [-0.4, -0.2) is 15.7 Å². The maximum absolute atomic E-state index is 5.53. The molecule has 0 N–H and O–H groups in total. The van der Waals surface area contributed by atoms with Crippen molar-refractivity contribution in [2.75, 3.05) is 5.88 Å². The van der Waals surface area contributed by atoms with E-state index in [0.29, 0.717) is 5.88 Å². The molecule has 1 heterocycles. The summed E-state index contributed by atoms with van der Waals surface area (Å²) in [5.41, 5.74) is 0.977. The topological polar surface area (TPSA) is 17.8 Å². The lowest BCUT2D eigenvalue weighted by Crippen LogP contribution is -2.00. The van der Waals surface area contributed by atoms with Crippen molar-refractivity contribution in [3.05, 3.63) is 30.6 Å². The second-order valence-corrected chi connectivity index (χ2v) is 2.35. The van der Waals surface area contributed by atoms with Gasteiger partial charge in [0.2, 0.25) is 0 Å². The van der Waals surface area contributed by atoms with Gasteiger partial charge in [-0.15, -0.1) is 11.6 Å². The Morgan fingerprint density at radius 2 is 2.50 bits per heavy atom. The molecule has 0 spiro atoms. The highest BCUT2D eigenvalue weighted by atomic mass is 35.5. The van der Waals surface area contributed by atoms with Crippen LogP contribution in [-0.2, 0) is 6.54 Å². The lowest BCUT2D eigenvalue weighted by atomic mass is 10.3. The van der Waals surface area contributed by atoms with Crippen LogP contribution in [0.15, 0.2) is 30.6 Å². The average molecular weight is 157 g/mol. The Balaban J connectivity index is 2.48. The summed E-state index contributed by atoms with van der Waals surface area (Å²) >= 11 is 5.53. The SMILES string of the molecule is C=C(CCl)Cn1cccn1. The van der Waals surface area contributed by atoms with Gasteiger partial charge in [0.1, 0.15) is 0 Å². The number of nitrogens with zero attached hydrogens (tertiary/aromatic N) is 2. The molecule has 0 aliphatic carbocycles. The number of hydrogen-bond acceptors (Lipinski definition) is 1. The summed E-state index contributed by atoms with van der Waals surface area (Å²) in [6, 6.07) is 1.88. The highest BCUT2D eigenvalue weighted by Crippen LogP contribution is 1.97. The highest BCUT2D eigenvalue weighted by molar-refractivity contribution is 6.19. The van der Waals surface area contributed by atoms with Crippen LogP contribution in [0.5, 0.6) is 0 Å². The van der Waals surface area contributed by atoms with Crippen LogP contribution in [0, 0.1) is 0 Å². The molecule has 0 fully saturated rings. The second-order valence-electron chi connectivity index (χ2n) is 2.09. The number of allylic oxidation sites excluding steroid dienone is 1. The van der Waals surface area contributed by atoms with Crippen LogP contribution >= 0.6 is 11.6 Å². The molecular weight excluding hydrogens is 148 g/mol. The van der Waals surface area contributed by atoms with Crippen molar-refractivity contribution in [2.24, 2.45) is 0 Å². The Morgan fingerprint density at radius 1 is 1.70 bits per heavy atom. The molecule has 0 aliphatic rings. The van der Waals surface area contributed by atoms with E-state index >= 15 is 0 Å². The van der Waals surface area contributed by atoms with Gasteiger partial charge >= 0.3 is 0 Å². The van der Waals surface area contributed by atoms with Crippen LogP contribution in [0.1, 0.15) is 0 Å². The molecule has 3 heteroatoms. The van der Waals surface area contributed by atoms with Crippen LogP contribution in [0.2, 0.25) is 0 Å². The molecule has 10 heavy (non-hydrogen) atoms. The summed E-state index contributed by atoms with van der Waals surface area (Å²) < 4.78 is 1.80. The van der Waals surface area contributed by atoms with E-state index < -0.39 is 0 Å². The predicted octanol–water partition coefficient (Wildman–Crippen LogP) is 1.68. The van der Waals surface area contributed by atoms with Crippen molar-refractivity contribution in [3.63, 3.8) is 0 Å². The molecule has 0 bridgehead atoms. The van der Waals surface area contributed by atoms with Crippen LogP contribution in [0.3, 0.4) is 0 Å². The van der Waals surface area contributed by atoms with E-state index in [2.05, 4.69) is 11.7 Å². The molecule has 1 rings (SSSR count). The zero-order valence-corrected chi connectivity index (χ0v) is 6.38. The van der Waals surface area contributed by atoms with Crippen molar-refractivity contribution in [2.45, 2.75) is 6.54 Å². The smallest absolute Gasteiger partial charge is 0.0628 e. The van der Waals surface area contributed by atoms with Crippen LogP contribution in [0.25, 0.3) is 0 Å². The summed E-state index contributed by atoms with van der Waals surface area (Å²) in [5, 5.41) is 4.00.